The number of benzene rings is 1. The fraction of sp³-hybridized carbons (Fsp3) is 0.562. The first-order valence-electron chi connectivity index (χ1n) is 6.19. The van der Waals surface area contributed by atoms with Crippen LogP contribution in [0.15, 0.2) is 12.1 Å². The van der Waals surface area contributed by atoms with Crippen LogP contribution in [-0.2, 0) is 5.41 Å². The van der Waals surface area contributed by atoms with E-state index in [4.69, 9.17) is 12.7 Å². The monoisotopic (exact) mass is 231 g/mol. The van der Waals surface area contributed by atoms with E-state index in [0.717, 1.165) is 23.2 Å². The van der Waals surface area contributed by atoms with E-state index < -0.39 is 0 Å². The Hall–Kier alpha value is -0.980. The van der Waals surface area contributed by atoms with Gasteiger partial charge in [-0.05, 0) is 54.7 Å². The average Bonchev–Trinajstić information content (AvgIpc) is 2.09. The van der Waals surface area contributed by atoms with Gasteiger partial charge in [0.25, 0.3) is 0 Å². The third-order valence-electron chi connectivity index (χ3n) is 3.27. The zero-order valence-corrected chi connectivity index (χ0v) is 12.0. The number of rotatable bonds is 3. The van der Waals surface area contributed by atoms with Gasteiger partial charge in [0.15, 0.2) is 0 Å². The van der Waals surface area contributed by atoms with Gasteiger partial charge < -0.3 is 5.73 Å². The van der Waals surface area contributed by atoms with Crippen molar-refractivity contribution in [1.29, 1.82) is 0 Å². The van der Waals surface area contributed by atoms with Gasteiger partial charge in [-0.2, -0.15) is 0 Å². The van der Waals surface area contributed by atoms with E-state index in [9.17, 15) is 0 Å². The second kappa shape index (κ2) is 4.36. The largest absolute Gasteiger partial charge is 0.398 e. The van der Waals surface area contributed by atoms with E-state index in [1.165, 1.54) is 5.56 Å². The molecule has 17 heavy (non-hydrogen) atoms. The van der Waals surface area contributed by atoms with Gasteiger partial charge in [-0.1, -0.05) is 39.8 Å². The minimum absolute atomic E-state index is 0.0709. The summed E-state index contributed by atoms with van der Waals surface area (Å²) in [5, 5.41) is 0. The molecule has 94 valence electrons. The Bertz CT molecular complexity index is 385. The predicted molar refractivity (Wildman–Crippen MR) is 76.1 cm³/mol. The molecular weight excluding hydrogens is 206 g/mol. The summed E-state index contributed by atoms with van der Waals surface area (Å²) in [4.78, 5) is 0. The molecule has 0 aromatic heterocycles. The minimum Gasteiger partial charge on any atom is -0.398 e. The van der Waals surface area contributed by atoms with Crippen molar-refractivity contribution in [3.05, 3.63) is 35.7 Å². The first kappa shape index (κ1) is 14.1. The normalized spacial score (nSPS) is 12.9. The van der Waals surface area contributed by atoms with E-state index in [0.29, 0.717) is 0 Å². The molecule has 0 unspecified atom stereocenters. The third-order valence-corrected chi connectivity index (χ3v) is 3.27. The first-order valence-corrected chi connectivity index (χ1v) is 6.19. The molecule has 1 nitrogen and oxygen atoms in total. The SMILES string of the molecule is [CH]C(C)(C)CC(C)(C)c1cc(C)c(N)c(C)c1. The van der Waals surface area contributed by atoms with Crippen LogP contribution in [0, 0.1) is 26.2 Å². The van der Waals surface area contributed by atoms with Gasteiger partial charge in [0.2, 0.25) is 0 Å². The van der Waals surface area contributed by atoms with Crippen molar-refractivity contribution < 1.29 is 0 Å². The van der Waals surface area contributed by atoms with Crippen LogP contribution in [0.1, 0.15) is 50.8 Å². The number of nitrogen functional groups attached to an aromatic ring is 1. The maximum absolute atomic E-state index is 6.14. The predicted octanol–water partition coefficient (Wildman–Crippen LogP) is 4.29. The van der Waals surface area contributed by atoms with Crippen molar-refractivity contribution in [2.45, 2.75) is 53.4 Å². The highest BCUT2D eigenvalue weighted by molar-refractivity contribution is 5.55. The lowest BCUT2D eigenvalue weighted by atomic mass is 9.72. The second-order valence-corrected chi connectivity index (χ2v) is 6.57. The topological polar surface area (TPSA) is 26.0 Å². The quantitative estimate of drug-likeness (QED) is 0.772. The van der Waals surface area contributed by atoms with Crippen LogP contribution in [0.2, 0.25) is 0 Å². The molecule has 1 rings (SSSR count). The molecule has 0 saturated heterocycles. The first-order chi connectivity index (χ1) is 7.53. The fourth-order valence-electron chi connectivity index (χ4n) is 2.61. The zero-order valence-electron chi connectivity index (χ0n) is 12.0. The van der Waals surface area contributed by atoms with Crippen LogP contribution in [0.25, 0.3) is 0 Å². The van der Waals surface area contributed by atoms with Gasteiger partial charge in [-0.3, -0.25) is 0 Å². The molecular formula is C16H25N. The lowest BCUT2D eigenvalue weighted by molar-refractivity contribution is 0.318. The van der Waals surface area contributed by atoms with Crippen molar-refractivity contribution in [3.63, 3.8) is 0 Å². The maximum atomic E-state index is 6.14. The molecule has 1 aromatic rings. The molecule has 2 radical (unpaired) electrons. The van der Waals surface area contributed by atoms with E-state index in [2.05, 4.69) is 53.7 Å². The smallest absolute Gasteiger partial charge is 0.0373 e. The van der Waals surface area contributed by atoms with E-state index in [1.807, 2.05) is 0 Å². The fourth-order valence-corrected chi connectivity index (χ4v) is 2.61. The number of nitrogens with two attached hydrogens (primary N) is 1. The Kier molecular flexibility index (Phi) is 3.61. The lowest BCUT2D eigenvalue weighted by Gasteiger charge is -2.33. The van der Waals surface area contributed by atoms with Crippen molar-refractivity contribution in [2.75, 3.05) is 5.73 Å². The molecule has 0 amide bonds. The van der Waals surface area contributed by atoms with Crippen LogP contribution in [0.4, 0.5) is 5.69 Å². The van der Waals surface area contributed by atoms with Gasteiger partial charge >= 0.3 is 0 Å². The second-order valence-electron chi connectivity index (χ2n) is 6.57. The van der Waals surface area contributed by atoms with E-state index >= 15 is 0 Å². The molecule has 1 heteroatoms. The number of aryl methyl sites for hydroxylation is 2. The zero-order chi connectivity index (χ0) is 13.4. The Morgan fingerprint density at radius 2 is 1.47 bits per heavy atom. The highest BCUT2D eigenvalue weighted by Gasteiger charge is 2.27. The summed E-state index contributed by atoms with van der Waals surface area (Å²) < 4.78 is 0. The van der Waals surface area contributed by atoms with Crippen LogP contribution in [0.3, 0.4) is 0 Å². The summed E-state index contributed by atoms with van der Waals surface area (Å²) in [5.41, 5.74) is 10.4. The minimum atomic E-state index is -0.160. The van der Waals surface area contributed by atoms with Crippen molar-refractivity contribution in [2.24, 2.45) is 5.41 Å². The third kappa shape index (κ3) is 3.49. The Morgan fingerprint density at radius 3 is 1.82 bits per heavy atom. The molecule has 0 aliphatic carbocycles. The lowest BCUT2D eigenvalue weighted by Crippen LogP contribution is -2.25. The van der Waals surface area contributed by atoms with Gasteiger partial charge in [-0.15, -0.1) is 0 Å². The van der Waals surface area contributed by atoms with E-state index in [-0.39, 0.29) is 10.8 Å². The Morgan fingerprint density at radius 1 is 1.06 bits per heavy atom. The van der Waals surface area contributed by atoms with Gasteiger partial charge in [0, 0.05) is 5.69 Å². The van der Waals surface area contributed by atoms with Gasteiger partial charge in [0.1, 0.15) is 0 Å². The molecule has 0 bridgehead atoms. The summed E-state index contributed by atoms with van der Waals surface area (Å²) in [6, 6.07) is 4.38. The number of hydrogen-bond donors (Lipinski definition) is 1. The van der Waals surface area contributed by atoms with Crippen LogP contribution < -0.4 is 5.73 Å². The highest BCUT2D eigenvalue weighted by atomic mass is 14.6. The van der Waals surface area contributed by atoms with Gasteiger partial charge in [0.05, 0.1) is 0 Å². The van der Waals surface area contributed by atoms with Gasteiger partial charge in [-0.25, -0.2) is 0 Å². The van der Waals surface area contributed by atoms with Crippen LogP contribution in [-0.4, -0.2) is 0 Å². The summed E-state index contributed by atoms with van der Waals surface area (Å²) in [5.74, 6) is 0. The number of anilines is 1. The molecule has 1 aromatic carbocycles. The standard InChI is InChI=1S/C16H25N/c1-11-8-13(9-12(2)14(11)17)16(6,7)10-15(3,4)5/h3,8-9H,10,17H2,1-2,4-7H3. The number of hydrogen-bond acceptors (Lipinski definition) is 1. The molecule has 0 atom stereocenters. The average molecular weight is 231 g/mol. The van der Waals surface area contributed by atoms with Crippen LogP contribution in [0.5, 0.6) is 0 Å². The molecule has 2 N–H and O–H groups in total. The maximum Gasteiger partial charge on any atom is 0.0373 e. The van der Waals surface area contributed by atoms with Crippen LogP contribution >= 0.6 is 0 Å². The molecule has 0 heterocycles. The van der Waals surface area contributed by atoms with Crippen molar-refractivity contribution in [1.82, 2.24) is 0 Å². The Labute approximate surface area is 106 Å². The molecule has 0 spiro atoms. The molecule has 0 aliphatic heterocycles. The summed E-state index contributed by atoms with van der Waals surface area (Å²) in [6.07, 6.45) is 0.947. The summed E-state index contributed by atoms with van der Waals surface area (Å²) in [7, 11) is 0. The summed E-state index contributed by atoms with van der Waals surface area (Å²) in [6.45, 7) is 18.9. The molecule has 0 saturated carbocycles. The van der Waals surface area contributed by atoms with Crippen molar-refractivity contribution >= 4 is 5.69 Å². The highest BCUT2D eigenvalue weighted by Crippen LogP contribution is 2.37. The van der Waals surface area contributed by atoms with Crippen molar-refractivity contribution in [3.8, 4) is 0 Å². The molecule has 0 aliphatic rings. The molecule has 0 fully saturated rings. The summed E-state index contributed by atoms with van der Waals surface area (Å²) >= 11 is 0. The Balaban J connectivity index is 3.16. The van der Waals surface area contributed by atoms with E-state index in [1.54, 1.807) is 0 Å².